The number of fused-ring (bicyclic) bond motifs is 15. The van der Waals surface area contributed by atoms with E-state index in [1.807, 2.05) is 0 Å². The Balaban J connectivity index is 1.28. The molecule has 306 valence electrons. The fourth-order valence-corrected chi connectivity index (χ4v) is 13.2. The zero-order chi connectivity index (χ0) is 43.9. The van der Waals surface area contributed by atoms with Crippen molar-refractivity contribution in [3.63, 3.8) is 0 Å². The summed E-state index contributed by atoms with van der Waals surface area (Å²) in [6.07, 6.45) is 0. The van der Waals surface area contributed by atoms with Crippen LogP contribution in [0, 0.1) is 28.1 Å². The average molecular weight is 815 g/mol. The Morgan fingerprint density at radius 1 is 0.381 bits per heavy atom. The van der Waals surface area contributed by atoms with E-state index >= 15 is 0 Å². The highest BCUT2D eigenvalue weighted by Gasteiger charge is 2.60. The molecular weight excluding hydrogens is 765 g/mol. The van der Waals surface area contributed by atoms with Crippen molar-refractivity contribution in [2.45, 2.75) is 90.9 Å². The summed E-state index contributed by atoms with van der Waals surface area (Å²) in [4.78, 5) is 0. The average Bonchev–Trinajstić information content (AvgIpc) is 3.95. The van der Waals surface area contributed by atoms with Crippen molar-refractivity contribution in [2.75, 3.05) is 0 Å². The topological polar surface area (TPSA) is 57.4 Å². The quantitative estimate of drug-likeness (QED) is 0.175. The van der Waals surface area contributed by atoms with E-state index in [0.29, 0.717) is 11.1 Å². The molecule has 4 nitrogen and oxygen atoms in total. The van der Waals surface area contributed by atoms with Gasteiger partial charge in [-0.3, -0.25) is 0 Å². The third kappa shape index (κ3) is 4.17. The van der Waals surface area contributed by atoms with Crippen LogP contribution in [0.15, 0.2) is 121 Å². The molecule has 0 amide bonds. The van der Waals surface area contributed by atoms with Gasteiger partial charge in [-0.25, -0.2) is 0 Å². The Morgan fingerprint density at radius 2 is 0.746 bits per heavy atom. The van der Waals surface area contributed by atoms with Crippen LogP contribution in [0.2, 0.25) is 0 Å². The Morgan fingerprint density at radius 3 is 1.14 bits per heavy atom. The molecule has 4 heteroatoms. The lowest BCUT2D eigenvalue weighted by atomic mass is 9.59. The van der Waals surface area contributed by atoms with E-state index in [2.05, 4.69) is 212 Å². The van der Waals surface area contributed by atoms with E-state index in [1.54, 1.807) is 0 Å². The Kier molecular flexibility index (Phi) is 7.07. The highest BCUT2D eigenvalue weighted by molar-refractivity contribution is 6.16. The number of nitrogens with zero attached hydrogens (tertiary/aromatic N) is 4. The lowest BCUT2D eigenvalue weighted by Crippen LogP contribution is -2.42. The summed E-state index contributed by atoms with van der Waals surface area (Å²) in [5.41, 5.74) is 17.6. The monoisotopic (exact) mass is 814 g/mol. The highest BCUT2D eigenvalue weighted by atomic mass is 15.0. The fourth-order valence-electron chi connectivity index (χ4n) is 13.2. The lowest BCUT2D eigenvalue weighted by molar-refractivity contribution is 0.125. The predicted octanol–water partition coefficient (Wildman–Crippen LogP) is 14.8. The molecule has 0 aliphatic heterocycles. The van der Waals surface area contributed by atoms with Crippen molar-refractivity contribution in [3.8, 4) is 45.8 Å². The predicted molar refractivity (Wildman–Crippen MR) is 260 cm³/mol. The number of para-hydroxylation sites is 2. The molecule has 0 radical (unpaired) electrons. The van der Waals surface area contributed by atoms with Gasteiger partial charge >= 0.3 is 0 Å². The van der Waals surface area contributed by atoms with Gasteiger partial charge in [0.05, 0.1) is 44.6 Å². The lowest BCUT2D eigenvalue weighted by Gasteiger charge is -2.45. The number of rotatable bonds is 2. The van der Waals surface area contributed by atoms with Gasteiger partial charge in [0.25, 0.3) is 0 Å². The third-order valence-electron chi connectivity index (χ3n) is 17.2. The maximum absolute atomic E-state index is 11.8. The number of benzene rings is 7. The third-order valence-corrected chi connectivity index (χ3v) is 17.2. The fraction of sp³-hybridized carbons (Fsp3) is 0.254. The maximum Gasteiger partial charge on any atom is 0.103 e. The van der Waals surface area contributed by atoms with Gasteiger partial charge in [-0.1, -0.05) is 166 Å². The van der Waals surface area contributed by atoms with Gasteiger partial charge in [-0.2, -0.15) is 10.5 Å². The molecule has 0 N–H and O–H groups in total. The SMILES string of the molecule is CC1(C)c2ccccc2-c2ccc3c(c21)c1ccccc1n3-c1c(C#N)c(C#N)c(-n2c3ccccc3c3c4c(ccc32)-c2ccccc2C4(C)C)c2c1C(C)(C)C(C)(C)C2(C)C. The molecule has 0 saturated heterocycles. The van der Waals surface area contributed by atoms with Crippen molar-refractivity contribution in [1.82, 2.24) is 9.13 Å². The van der Waals surface area contributed by atoms with Gasteiger partial charge in [0, 0.05) is 32.4 Å². The molecule has 0 spiro atoms. The molecule has 0 atom stereocenters. The minimum atomic E-state index is -0.441. The van der Waals surface area contributed by atoms with Crippen molar-refractivity contribution in [3.05, 3.63) is 166 Å². The van der Waals surface area contributed by atoms with E-state index in [1.165, 1.54) is 55.3 Å². The zero-order valence-corrected chi connectivity index (χ0v) is 37.8. The van der Waals surface area contributed by atoms with Crippen LogP contribution in [0.3, 0.4) is 0 Å². The number of hydrogen-bond donors (Lipinski definition) is 0. The molecule has 0 unspecified atom stereocenters. The van der Waals surface area contributed by atoms with E-state index < -0.39 is 10.8 Å². The molecule has 2 aromatic heterocycles. The number of aromatic nitrogens is 2. The minimum Gasteiger partial charge on any atom is -0.308 e. The van der Waals surface area contributed by atoms with Crippen molar-refractivity contribution >= 4 is 43.6 Å². The van der Waals surface area contributed by atoms with Crippen LogP contribution >= 0.6 is 0 Å². The molecule has 7 aromatic carbocycles. The van der Waals surface area contributed by atoms with Crippen LogP contribution in [0.5, 0.6) is 0 Å². The number of nitriles is 2. The molecule has 0 bridgehead atoms. The summed E-state index contributed by atoms with van der Waals surface area (Å²) in [6.45, 7) is 23.6. The van der Waals surface area contributed by atoms with Crippen LogP contribution in [-0.2, 0) is 21.7 Å². The minimum absolute atomic E-state index is 0.252. The second-order valence-electron chi connectivity index (χ2n) is 21.1. The summed E-state index contributed by atoms with van der Waals surface area (Å²) < 4.78 is 4.73. The molecule has 3 aliphatic carbocycles. The van der Waals surface area contributed by atoms with Crippen LogP contribution in [0.25, 0.3) is 77.2 Å². The van der Waals surface area contributed by atoms with Gasteiger partial charge in [-0.15, -0.1) is 0 Å². The molecule has 0 saturated carbocycles. The molecule has 9 aromatic rings. The first-order valence-electron chi connectivity index (χ1n) is 22.4. The van der Waals surface area contributed by atoms with Gasteiger partial charge in [0.2, 0.25) is 0 Å². The summed E-state index contributed by atoms with van der Waals surface area (Å²) >= 11 is 0. The number of hydrogen-bond acceptors (Lipinski definition) is 2. The summed E-state index contributed by atoms with van der Waals surface area (Å²) in [5, 5.41) is 28.3. The molecule has 3 aliphatic rings. The first-order valence-corrected chi connectivity index (χ1v) is 22.4. The molecule has 12 rings (SSSR count). The second-order valence-corrected chi connectivity index (χ2v) is 21.1. The molecule has 63 heavy (non-hydrogen) atoms. The molecule has 2 heterocycles. The van der Waals surface area contributed by atoms with E-state index in [-0.39, 0.29) is 16.2 Å². The van der Waals surface area contributed by atoms with Gasteiger partial charge < -0.3 is 9.13 Å². The first kappa shape index (κ1) is 37.8. The van der Waals surface area contributed by atoms with Gasteiger partial charge in [-0.05, 0) is 96.1 Å². The first-order chi connectivity index (χ1) is 30.0. The van der Waals surface area contributed by atoms with Crippen molar-refractivity contribution in [1.29, 1.82) is 10.5 Å². The van der Waals surface area contributed by atoms with E-state index in [4.69, 9.17) is 0 Å². The van der Waals surface area contributed by atoms with Gasteiger partial charge in [0.1, 0.15) is 12.1 Å². The smallest absolute Gasteiger partial charge is 0.103 e. The highest BCUT2D eigenvalue weighted by Crippen LogP contribution is 2.66. The van der Waals surface area contributed by atoms with Crippen LogP contribution in [0.1, 0.15) is 114 Å². The zero-order valence-electron chi connectivity index (χ0n) is 37.8. The van der Waals surface area contributed by atoms with E-state index in [9.17, 15) is 10.5 Å². The van der Waals surface area contributed by atoms with Crippen LogP contribution in [-0.4, -0.2) is 9.13 Å². The van der Waals surface area contributed by atoms with Crippen LogP contribution in [0.4, 0.5) is 0 Å². The van der Waals surface area contributed by atoms with Crippen molar-refractivity contribution < 1.29 is 0 Å². The summed E-state index contributed by atoms with van der Waals surface area (Å²) in [5.74, 6) is 0. The summed E-state index contributed by atoms with van der Waals surface area (Å²) in [7, 11) is 0. The largest absolute Gasteiger partial charge is 0.308 e. The second kappa shape index (κ2) is 11.8. The Bertz CT molecular complexity index is 3430. The van der Waals surface area contributed by atoms with Crippen molar-refractivity contribution in [2.24, 2.45) is 5.41 Å². The standard InChI is InChI=1S/C59H50N4/c1-55(2)41-23-15-11-19-33(41)35-27-29-45-47(49(35)55)37-21-13-17-25-43(37)62(45)53-39(31-60)40(32-61)54(52-51(53)57(5,6)59(9,10)58(52,7)8)63-44-26-18-14-22-38(44)48-46(63)30-28-36-34-20-12-16-24-42(34)56(3,4)50(36)48/h11-30H,1-10H3. The molecular formula is C59H50N4. The normalized spacial score (nSPS) is 17.7. The van der Waals surface area contributed by atoms with Gasteiger partial charge in [0.15, 0.2) is 0 Å². The maximum atomic E-state index is 11.8. The summed E-state index contributed by atoms with van der Waals surface area (Å²) in [6, 6.07) is 49.6. The molecule has 0 fully saturated rings. The Hall–Kier alpha value is -6.88. The van der Waals surface area contributed by atoms with Crippen LogP contribution < -0.4 is 0 Å². The van der Waals surface area contributed by atoms with E-state index in [0.717, 1.165) is 55.3 Å². The Labute approximate surface area is 369 Å².